The predicted octanol–water partition coefficient (Wildman–Crippen LogP) is 1.19. The van der Waals surface area contributed by atoms with Gasteiger partial charge in [0.15, 0.2) is 5.03 Å². The number of aromatic nitrogens is 1. The highest BCUT2D eigenvalue weighted by Crippen LogP contribution is 2.12. The molecule has 0 atom stereocenters. The molecule has 0 aliphatic carbocycles. The molecule has 0 radical (unpaired) electrons. The van der Waals surface area contributed by atoms with E-state index in [1.54, 1.807) is 6.92 Å². The van der Waals surface area contributed by atoms with E-state index in [-0.39, 0.29) is 17.3 Å². The summed E-state index contributed by atoms with van der Waals surface area (Å²) in [6.45, 7) is 1.83. The van der Waals surface area contributed by atoms with Crippen molar-refractivity contribution in [3.05, 3.63) is 23.9 Å². The first kappa shape index (κ1) is 11.9. The van der Waals surface area contributed by atoms with Gasteiger partial charge in [0.1, 0.15) is 5.69 Å². The number of rotatable bonds is 3. The summed E-state index contributed by atoms with van der Waals surface area (Å²) in [7, 11) is 1.15. The fraction of sp³-hybridized carbons (Fsp3) is 0.250. The van der Waals surface area contributed by atoms with Gasteiger partial charge in [0, 0.05) is 10.7 Å². The first-order valence-corrected chi connectivity index (χ1v) is 6.35. The Morgan fingerprint density at radius 2 is 2.20 bits per heavy atom. The van der Waals surface area contributed by atoms with Gasteiger partial charge in [-0.15, -0.1) is 0 Å². The highest BCUT2D eigenvalue weighted by molar-refractivity contribution is 8.13. The highest BCUT2D eigenvalue weighted by atomic mass is 35.7. The van der Waals surface area contributed by atoms with Crippen LogP contribution < -0.4 is 0 Å². The third-order valence-corrected chi connectivity index (χ3v) is 2.66. The third-order valence-electron chi connectivity index (χ3n) is 1.46. The third kappa shape index (κ3) is 3.17. The van der Waals surface area contributed by atoms with Crippen LogP contribution in [0.15, 0.2) is 23.2 Å². The van der Waals surface area contributed by atoms with Crippen LogP contribution in [0.1, 0.15) is 17.4 Å². The minimum atomic E-state index is -3.92. The second-order valence-corrected chi connectivity index (χ2v) is 5.03. The zero-order chi connectivity index (χ0) is 11.5. The van der Waals surface area contributed by atoms with Crippen LogP contribution in [-0.2, 0) is 13.8 Å². The van der Waals surface area contributed by atoms with Crippen LogP contribution in [0.5, 0.6) is 0 Å². The second-order valence-electron chi connectivity index (χ2n) is 2.52. The number of nitrogens with zero attached hydrogens (tertiary/aromatic N) is 1. The van der Waals surface area contributed by atoms with E-state index in [2.05, 4.69) is 9.72 Å². The van der Waals surface area contributed by atoms with Crippen molar-refractivity contribution < 1.29 is 17.9 Å². The van der Waals surface area contributed by atoms with Gasteiger partial charge in [0.2, 0.25) is 0 Å². The van der Waals surface area contributed by atoms with Crippen LogP contribution in [0.3, 0.4) is 0 Å². The van der Waals surface area contributed by atoms with Crippen LogP contribution in [0.2, 0.25) is 0 Å². The molecule has 1 aromatic heterocycles. The summed E-state index contributed by atoms with van der Waals surface area (Å²) >= 11 is 0. The Bertz CT molecular complexity index is 471. The zero-order valence-corrected chi connectivity index (χ0v) is 9.38. The Labute approximate surface area is 91.5 Å². The molecule has 0 saturated heterocycles. The molecule has 82 valence electrons. The highest BCUT2D eigenvalue weighted by Gasteiger charge is 2.15. The Morgan fingerprint density at radius 1 is 1.53 bits per heavy atom. The number of carbonyl (C=O) groups excluding carboxylic acids is 1. The minimum Gasteiger partial charge on any atom is -0.461 e. The number of hydrogen-bond donors (Lipinski definition) is 0. The summed E-state index contributed by atoms with van der Waals surface area (Å²) in [5, 5.41) is -0.366. The van der Waals surface area contributed by atoms with Crippen LogP contribution in [0.25, 0.3) is 0 Å². The van der Waals surface area contributed by atoms with Crippen molar-refractivity contribution >= 4 is 25.7 Å². The summed E-state index contributed by atoms with van der Waals surface area (Å²) in [6.07, 6.45) is 0. The maximum Gasteiger partial charge on any atom is 0.356 e. The summed E-state index contributed by atoms with van der Waals surface area (Å²) in [4.78, 5) is 14.8. The fourth-order valence-corrected chi connectivity index (χ4v) is 1.58. The van der Waals surface area contributed by atoms with Gasteiger partial charge in [-0.05, 0) is 19.1 Å². The molecule has 1 rings (SSSR count). The first-order valence-electron chi connectivity index (χ1n) is 4.04. The van der Waals surface area contributed by atoms with E-state index in [1.807, 2.05) is 0 Å². The van der Waals surface area contributed by atoms with Gasteiger partial charge < -0.3 is 4.74 Å². The van der Waals surface area contributed by atoms with E-state index in [0.717, 1.165) is 0 Å². The molecule has 0 aliphatic rings. The lowest BCUT2D eigenvalue weighted by atomic mass is 10.3. The van der Waals surface area contributed by atoms with Gasteiger partial charge in [0.25, 0.3) is 9.05 Å². The van der Waals surface area contributed by atoms with Crippen molar-refractivity contribution in [2.45, 2.75) is 11.9 Å². The van der Waals surface area contributed by atoms with E-state index in [4.69, 9.17) is 10.7 Å². The molecule has 7 heteroatoms. The second kappa shape index (κ2) is 4.59. The molecule has 0 spiro atoms. The molecule has 1 aromatic rings. The van der Waals surface area contributed by atoms with E-state index < -0.39 is 15.0 Å². The molecular weight excluding hydrogens is 242 g/mol. The van der Waals surface area contributed by atoms with Gasteiger partial charge in [-0.25, -0.2) is 18.2 Å². The number of halogens is 1. The summed E-state index contributed by atoms with van der Waals surface area (Å²) in [5.41, 5.74) is -0.0847. The molecule has 1 heterocycles. The van der Waals surface area contributed by atoms with E-state index >= 15 is 0 Å². The molecule has 15 heavy (non-hydrogen) atoms. The maximum absolute atomic E-state index is 11.2. The van der Waals surface area contributed by atoms with Crippen molar-refractivity contribution in [2.75, 3.05) is 6.61 Å². The summed E-state index contributed by atoms with van der Waals surface area (Å²) in [6, 6.07) is 3.92. The molecule has 0 fully saturated rings. The smallest absolute Gasteiger partial charge is 0.356 e. The standard InChI is InChI=1S/C8H8ClNO4S/c1-2-14-8(11)6-4-3-5-7(10-6)15(9,12)13/h3-5H,2H2,1H3. The van der Waals surface area contributed by atoms with Crippen molar-refractivity contribution in [1.29, 1.82) is 0 Å². The SMILES string of the molecule is CCOC(=O)c1cccc(S(=O)(=O)Cl)n1. The quantitative estimate of drug-likeness (QED) is 0.594. The molecule has 0 aromatic carbocycles. The van der Waals surface area contributed by atoms with Crippen molar-refractivity contribution in [3.8, 4) is 0 Å². The fourth-order valence-electron chi connectivity index (χ4n) is 0.869. The molecule has 0 unspecified atom stereocenters. The topological polar surface area (TPSA) is 73.3 Å². The number of carbonyl (C=O) groups is 1. The molecule has 0 saturated carbocycles. The average Bonchev–Trinajstić information content (AvgIpc) is 2.17. The van der Waals surface area contributed by atoms with Gasteiger partial charge in [-0.2, -0.15) is 0 Å². The maximum atomic E-state index is 11.2. The average molecular weight is 250 g/mol. The Morgan fingerprint density at radius 3 is 2.73 bits per heavy atom. The van der Waals surface area contributed by atoms with E-state index in [9.17, 15) is 13.2 Å². The minimum absolute atomic E-state index is 0.0847. The Balaban J connectivity index is 3.09. The van der Waals surface area contributed by atoms with Crippen molar-refractivity contribution in [3.63, 3.8) is 0 Å². The van der Waals surface area contributed by atoms with Crippen LogP contribution in [0, 0.1) is 0 Å². The Kier molecular flexibility index (Phi) is 3.65. The molecule has 0 N–H and O–H groups in total. The van der Waals surface area contributed by atoms with Crippen LogP contribution >= 0.6 is 10.7 Å². The van der Waals surface area contributed by atoms with Crippen molar-refractivity contribution in [1.82, 2.24) is 4.98 Å². The number of hydrogen-bond acceptors (Lipinski definition) is 5. The van der Waals surface area contributed by atoms with E-state index in [0.29, 0.717) is 0 Å². The number of ether oxygens (including phenoxy) is 1. The normalized spacial score (nSPS) is 11.1. The van der Waals surface area contributed by atoms with Gasteiger partial charge >= 0.3 is 5.97 Å². The van der Waals surface area contributed by atoms with E-state index in [1.165, 1.54) is 18.2 Å². The molecular formula is C8H8ClNO4S. The molecule has 0 bridgehead atoms. The van der Waals surface area contributed by atoms with Gasteiger partial charge in [0.05, 0.1) is 6.61 Å². The van der Waals surface area contributed by atoms with Crippen LogP contribution in [-0.4, -0.2) is 26.0 Å². The molecule has 5 nitrogen and oxygen atoms in total. The lowest BCUT2D eigenvalue weighted by Crippen LogP contribution is -2.08. The largest absolute Gasteiger partial charge is 0.461 e. The predicted molar refractivity (Wildman–Crippen MR) is 53.2 cm³/mol. The zero-order valence-electron chi connectivity index (χ0n) is 7.81. The van der Waals surface area contributed by atoms with Crippen molar-refractivity contribution in [2.24, 2.45) is 0 Å². The summed E-state index contributed by atoms with van der Waals surface area (Å²) in [5.74, 6) is -0.681. The monoisotopic (exact) mass is 249 g/mol. The van der Waals surface area contributed by atoms with Gasteiger partial charge in [-0.3, -0.25) is 0 Å². The lowest BCUT2D eigenvalue weighted by molar-refractivity contribution is 0.0518. The summed E-state index contributed by atoms with van der Waals surface area (Å²) < 4.78 is 26.5. The Hall–Kier alpha value is -1.14. The number of esters is 1. The van der Waals surface area contributed by atoms with Crippen LogP contribution in [0.4, 0.5) is 0 Å². The number of pyridine rings is 1. The van der Waals surface area contributed by atoms with Gasteiger partial charge in [-0.1, -0.05) is 6.07 Å². The molecule has 0 amide bonds. The first-order chi connectivity index (χ1) is 6.95. The molecule has 0 aliphatic heterocycles. The lowest BCUT2D eigenvalue weighted by Gasteiger charge is -2.01.